The van der Waals surface area contributed by atoms with Crippen LogP contribution in [0.3, 0.4) is 0 Å². The van der Waals surface area contributed by atoms with E-state index in [-0.39, 0.29) is 0 Å². The van der Waals surface area contributed by atoms with E-state index in [1.165, 1.54) is 18.7 Å². The Morgan fingerprint density at radius 2 is 2.22 bits per heavy atom. The molecule has 1 aliphatic heterocycles. The normalized spacial score (nSPS) is 16.2. The number of fused-ring (bicyclic) bond motifs is 1. The van der Waals surface area contributed by atoms with E-state index in [0.29, 0.717) is 0 Å². The Morgan fingerprint density at radius 1 is 1.33 bits per heavy atom. The smallest absolute Gasteiger partial charge is 0.122 e. The summed E-state index contributed by atoms with van der Waals surface area (Å²) in [4.78, 5) is 6.87. The molecule has 0 aromatic carbocycles. The fourth-order valence-electron chi connectivity index (χ4n) is 2.41. The van der Waals surface area contributed by atoms with Crippen molar-refractivity contribution in [3.8, 4) is 0 Å². The third-order valence-electron chi connectivity index (χ3n) is 3.56. The molecule has 102 valence electrons. The van der Waals surface area contributed by atoms with Gasteiger partial charge in [0.25, 0.3) is 0 Å². The number of nitrogens with zero attached hydrogens (tertiary/aromatic N) is 3. The molecule has 0 atom stereocenters. The lowest BCUT2D eigenvalue weighted by Crippen LogP contribution is -2.38. The molecule has 2 heterocycles. The second-order valence-electron chi connectivity index (χ2n) is 5.60. The van der Waals surface area contributed by atoms with Gasteiger partial charge in [0.15, 0.2) is 0 Å². The van der Waals surface area contributed by atoms with E-state index in [4.69, 9.17) is 0 Å². The molecular formula is C14H26N4. The summed E-state index contributed by atoms with van der Waals surface area (Å²) >= 11 is 0. The van der Waals surface area contributed by atoms with Gasteiger partial charge in [0.1, 0.15) is 5.82 Å². The van der Waals surface area contributed by atoms with Crippen LogP contribution in [-0.4, -0.2) is 40.6 Å². The molecule has 0 unspecified atom stereocenters. The van der Waals surface area contributed by atoms with Gasteiger partial charge in [-0.2, -0.15) is 0 Å². The van der Waals surface area contributed by atoms with Crippen LogP contribution in [0.25, 0.3) is 0 Å². The molecule has 4 nitrogen and oxygen atoms in total. The molecule has 1 aliphatic rings. The third-order valence-corrected chi connectivity index (χ3v) is 3.56. The topological polar surface area (TPSA) is 33.1 Å². The number of rotatable bonds is 7. The van der Waals surface area contributed by atoms with E-state index in [9.17, 15) is 0 Å². The summed E-state index contributed by atoms with van der Waals surface area (Å²) in [6.07, 6.45) is 6.61. The molecule has 0 aliphatic carbocycles. The van der Waals surface area contributed by atoms with Crippen molar-refractivity contribution < 1.29 is 0 Å². The van der Waals surface area contributed by atoms with E-state index in [0.717, 1.165) is 45.2 Å². The lowest BCUT2D eigenvalue weighted by molar-refractivity contribution is 0.217. The lowest BCUT2D eigenvalue weighted by Gasteiger charge is -2.27. The molecular weight excluding hydrogens is 224 g/mol. The van der Waals surface area contributed by atoms with Gasteiger partial charge in [-0.05, 0) is 25.3 Å². The molecule has 4 heteroatoms. The highest BCUT2D eigenvalue weighted by molar-refractivity contribution is 4.95. The van der Waals surface area contributed by atoms with Crippen molar-refractivity contribution in [1.82, 2.24) is 19.8 Å². The van der Waals surface area contributed by atoms with E-state index < -0.39 is 0 Å². The minimum atomic E-state index is 0.827. The molecule has 2 rings (SSSR count). The average molecular weight is 250 g/mol. The van der Waals surface area contributed by atoms with Crippen LogP contribution in [0.4, 0.5) is 0 Å². The van der Waals surface area contributed by atoms with E-state index >= 15 is 0 Å². The summed E-state index contributed by atoms with van der Waals surface area (Å²) < 4.78 is 2.26. The number of hydrogen-bond acceptors (Lipinski definition) is 3. The highest BCUT2D eigenvalue weighted by atomic mass is 15.2. The summed E-state index contributed by atoms with van der Waals surface area (Å²) in [6.45, 7) is 11.2. The zero-order valence-electron chi connectivity index (χ0n) is 11.7. The number of nitrogens with one attached hydrogen (secondary N) is 1. The van der Waals surface area contributed by atoms with Crippen LogP contribution < -0.4 is 5.32 Å². The Morgan fingerprint density at radius 3 is 3.06 bits per heavy atom. The Labute approximate surface area is 110 Å². The van der Waals surface area contributed by atoms with Gasteiger partial charge in [-0.3, -0.25) is 4.90 Å². The highest BCUT2D eigenvalue weighted by Gasteiger charge is 2.15. The summed E-state index contributed by atoms with van der Waals surface area (Å²) in [5, 5.41) is 3.54. The highest BCUT2D eigenvalue weighted by Crippen LogP contribution is 2.09. The van der Waals surface area contributed by atoms with E-state index in [2.05, 4.69) is 39.8 Å². The van der Waals surface area contributed by atoms with Crippen LogP contribution in [0, 0.1) is 5.92 Å². The first-order valence-corrected chi connectivity index (χ1v) is 7.19. The number of hydrogen-bond donors (Lipinski definition) is 1. The Hall–Kier alpha value is -0.870. The van der Waals surface area contributed by atoms with Crippen LogP contribution in [0.2, 0.25) is 0 Å². The first-order chi connectivity index (χ1) is 8.75. The molecule has 0 amide bonds. The fourth-order valence-corrected chi connectivity index (χ4v) is 2.41. The zero-order chi connectivity index (χ0) is 12.8. The molecule has 1 aromatic heterocycles. The van der Waals surface area contributed by atoms with Gasteiger partial charge in [-0.15, -0.1) is 0 Å². The van der Waals surface area contributed by atoms with Crippen LogP contribution >= 0.6 is 0 Å². The average Bonchev–Trinajstić information content (AvgIpc) is 2.80. The van der Waals surface area contributed by atoms with Crippen LogP contribution in [-0.2, 0) is 13.1 Å². The van der Waals surface area contributed by atoms with Crippen molar-refractivity contribution in [3.63, 3.8) is 0 Å². The van der Waals surface area contributed by atoms with Gasteiger partial charge < -0.3 is 9.88 Å². The van der Waals surface area contributed by atoms with Crippen molar-refractivity contribution in [2.24, 2.45) is 5.92 Å². The first-order valence-electron chi connectivity index (χ1n) is 7.19. The quantitative estimate of drug-likeness (QED) is 0.748. The Balaban J connectivity index is 1.56. The largest absolute Gasteiger partial charge is 0.333 e. The van der Waals surface area contributed by atoms with Gasteiger partial charge >= 0.3 is 0 Å². The number of aromatic nitrogens is 2. The molecule has 1 N–H and O–H groups in total. The molecule has 0 saturated carbocycles. The maximum Gasteiger partial charge on any atom is 0.122 e. The van der Waals surface area contributed by atoms with Crippen molar-refractivity contribution in [3.05, 3.63) is 18.2 Å². The standard InChI is InChI=1S/C14H26N4/c1-13(2)4-3-5-15-6-8-17-10-11-18-9-7-16-14(18)12-17/h7,9,13,15H,3-6,8,10-12H2,1-2H3. The van der Waals surface area contributed by atoms with Crippen molar-refractivity contribution in [2.45, 2.75) is 39.8 Å². The van der Waals surface area contributed by atoms with E-state index in [1.807, 2.05) is 6.20 Å². The second-order valence-corrected chi connectivity index (χ2v) is 5.60. The van der Waals surface area contributed by atoms with Crippen LogP contribution in [0.5, 0.6) is 0 Å². The molecule has 0 fully saturated rings. The maximum atomic E-state index is 4.38. The zero-order valence-corrected chi connectivity index (χ0v) is 11.7. The summed E-state index contributed by atoms with van der Waals surface area (Å²) in [6, 6.07) is 0. The second kappa shape index (κ2) is 6.90. The molecule has 0 spiro atoms. The van der Waals surface area contributed by atoms with Gasteiger partial charge in [0, 0.05) is 38.6 Å². The summed E-state index contributed by atoms with van der Waals surface area (Å²) in [5.74, 6) is 2.04. The molecule has 0 radical (unpaired) electrons. The predicted octanol–water partition coefficient (Wildman–Crippen LogP) is 1.72. The predicted molar refractivity (Wildman–Crippen MR) is 74.4 cm³/mol. The minimum Gasteiger partial charge on any atom is -0.333 e. The molecule has 0 bridgehead atoms. The summed E-state index contributed by atoms with van der Waals surface area (Å²) in [7, 11) is 0. The summed E-state index contributed by atoms with van der Waals surface area (Å²) in [5.41, 5.74) is 0. The lowest BCUT2D eigenvalue weighted by atomic mass is 10.1. The van der Waals surface area contributed by atoms with Crippen molar-refractivity contribution >= 4 is 0 Å². The van der Waals surface area contributed by atoms with Crippen molar-refractivity contribution in [2.75, 3.05) is 26.2 Å². The molecule has 18 heavy (non-hydrogen) atoms. The fraction of sp³-hybridized carbons (Fsp3) is 0.786. The first kappa shape index (κ1) is 13.6. The van der Waals surface area contributed by atoms with Gasteiger partial charge in [-0.25, -0.2) is 4.98 Å². The molecule has 1 aromatic rings. The van der Waals surface area contributed by atoms with Crippen LogP contribution in [0.1, 0.15) is 32.5 Å². The maximum absolute atomic E-state index is 4.38. The Bertz CT molecular complexity index is 345. The number of imidazole rings is 1. The monoisotopic (exact) mass is 250 g/mol. The van der Waals surface area contributed by atoms with Crippen LogP contribution in [0.15, 0.2) is 12.4 Å². The minimum absolute atomic E-state index is 0.827. The van der Waals surface area contributed by atoms with Gasteiger partial charge in [-0.1, -0.05) is 13.8 Å². The van der Waals surface area contributed by atoms with Crippen molar-refractivity contribution in [1.29, 1.82) is 0 Å². The third kappa shape index (κ3) is 4.10. The van der Waals surface area contributed by atoms with Gasteiger partial charge in [0.2, 0.25) is 0 Å². The van der Waals surface area contributed by atoms with E-state index in [1.54, 1.807) is 0 Å². The SMILES string of the molecule is CC(C)CCCNCCN1CCn2ccnc2C1. The molecule has 0 saturated heterocycles. The Kier molecular flexibility index (Phi) is 5.20. The van der Waals surface area contributed by atoms with Gasteiger partial charge in [0.05, 0.1) is 6.54 Å².